The summed E-state index contributed by atoms with van der Waals surface area (Å²) in [6.07, 6.45) is -1.99. The van der Waals surface area contributed by atoms with E-state index in [1.54, 1.807) is 25.1 Å². The van der Waals surface area contributed by atoms with Gasteiger partial charge in [0.05, 0.1) is 12.6 Å². The Bertz CT molecular complexity index is 469. The molecule has 0 aromatic heterocycles. The molecule has 0 saturated heterocycles. The number of aliphatic hydroxyl groups excluding tert-OH is 2. The number of rotatable bonds is 6. The third kappa shape index (κ3) is 3.56. The molecule has 0 saturated carbocycles. The Kier molecular flexibility index (Phi) is 5.32. The fraction of sp³-hybridized carbons (Fsp3) is 0.417. The van der Waals surface area contributed by atoms with E-state index in [1.165, 1.54) is 6.07 Å². The Labute approximate surface area is 105 Å². The van der Waals surface area contributed by atoms with Crippen LogP contribution in [0.5, 0.6) is 0 Å². The first-order valence-corrected chi connectivity index (χ1v) is 5.60. The molecule has 0 aliphatic carbocycles. The minimum absolute atomic E-state index is 0.0337. The molecule has 2 unspecified atom stereocenters. The smallest absolute Gasteiger partial charge is 0.162 e. The summed E-state index contributed by atoms with van der Waals surface area (Å²) in [7, 11) is 0. The van der Waals surface area contributed by atoms with Crippen molar-refractivity contribution in [2.24, 2.45) is 5.11 Å². The van der Waals surface area contributed by atoms with Crippen molar-refractivity contribution < 1.29 is 15.0 Å². The molecule has 0 spiro atoms. The van der Waals surface area contributed by atoms with E-state index < -0.39 is 12.2 Å². The number of benzene rings is 1. The molecule has 0 aliphatic rings. The van der Waals surface area contributed by atoms with Gasteiger partial charge in [0, 0.05) is 16.9 Å². The largest absolute Gasteiger partial charge is 0.390 e. The molecule has 0 fully saturated rings. The molecule has 0 heterocycles. The molecule has 0 radical (unpaired) electrons. The lowest BCUT2D eigenvalue weighted by atomic mass is 9.99. The number of ketones is 1. The summed E-state index contributed by atoms with van der Waals surface area (Å²) in [4.78, 5) is 14.0. The lowest BCUT2D eigenvalue weighted by Crippen LogP contribution is -2.21. The number of hydrogen-bond acceptors (Lipinski definition) is 4. The monoisotopic (exact) mass is 249 g/mol. The normalized spacial score (nSPS) is 13.5. The van der Waals surface area contributed by atoms with Crippen molar-refractivity contribution in [3.05, 3.63) is 45.8 Å². The standard InChI is InChI=1S/C12H15N3O3/c1-2-10(16)8-4-3-5-9(6-8)12(18)11(17)7-14-15-13/h3-6,11-12,17-18H,2,7H2,1H3. The maximum atomic E-state index is 11.5. The highest BCUT2D eigenvalue weighted by Crippen LogP contribution is 2.19. The highest BCUT2D eigenvalue weighted by atomic mass is 16.3. The molecule has 1 aromatic rings. The predicted octanol–water partition coefficient (Wildman–Crippen LogP) is 1.98. The molecule has 0 bridgehead atoms. The summed E-state index contributed by atoms with van der Waals surface area (Å²) >= 11 is 0. The summed E-state index contributed by atoms with van der Waals surface area (Å²) in [6, 6.07) is 6.44. The first-order valence-electron chi connectivity index (χ1n) is 5.60. The van der Waals surface area contributed by atoms with Gasteiger partial charge in [-0.15, -0.1) is 0 Å². The fourth-order valence-electron chi connectivity index (χ4n) is 1.54. The van der Waals surface area contributed by atoms with E-state index >= 15 is 0 Å². The van der Waals surface area contributed by atoms with Crippen molar-refractivity contribution in [2.75, 3.05) is 6.54 Å². The highest BCUT2D eigenvalue weighted by molar-refractivity contribution is 5.95. The molecule has 6 heteroatoms. The van der Waals surface area contributed by atoms with Crippen molar-refractivity contribution in [1.82, 2.24) is 0 Å². The summed E-state index contributed by atoms with van der Waals surface area (Å²) < 4.78 is 0. The van der Waals surface area contributed by atoms with Crippen LogP contribution in [0.1, 0.15) is 35.4 Å². The average molecular weight is 249 g/mol. The van der Waals surface area contributed by atoms with Gasteiger partial charge < -0.3 is 10.2 Å². The van der Waals surface area contributed by atoms with Crippen molar-refractivity contribution in [3.63, 3.8) is 0 Å². The Morgan fingerprint density at radius 3 is 2.83 bits per heavy atom. The van der Waals surface area contributed by atoms with Gasteiger partial charge in [0.1, 0.15) is 6.10 Å². The number of azide groups is 1. The Morgan fingerprint density at radius 1 is 1.50 bits per heavy atom. The third-order valence-electron chi connectivity index (χ3n) is 2.57. The lowest BCUT2D eigenvalue weighted by molar-refractivity contribution is 0.0244. The quantitative estimate of drug-likeness (QED) is 0.348. The number of hydrogen-bond donors (Lipinski definition) is 2. The van der Waals surface area contributed by atoms with E-state index in [0.717, 1.165) is 0 Å². The second-order valence-corrected chi connectivity index (χ2v) is 3.83. The van der Waals surface area contributed by atoms with Crippen LogP contribution in [-0.2, 0) is 0 Å². The van der Waals surface area contributed by atoms with E-state index in [1.807, 2.05) is 0 Å². The maximum absolute atomic E-state index is 11.5. The van der Waals surface area contributed by atoms with E-state index in [0.29, 0.717) is 17.5 Å². The van der Waals surface area contributed by atoms with Crippen LogP contribution in [0.4, 0.5) is 0 Å². The number of aliphatic hydroxyl groups is 2. The summed E-state index contributed by atoms with van der Waals surface area (Å²) in [5.74, 6) is -0.0337. The number of carbonyl (C=O) groups is 1. The van der Waals surface area contributed by atoms with Crippen molar-refractivity contribution in [1.29, 1.82) is 0 Å². The minimum Gasteiger partial charge on any atom is -0.390 e. The first kappa shape index (κ1) is 14.2. The van der Waals surface area contributed by atoms with Gasteiger partial charge >= 0.3 is 0 Å². The zero-order valence-electron chi connectivity index (χ0n) is 10.0. The van der Waals surface area contributed by atoms with Gasteiger partial charge in [0.25, 0.3) is 0 Å². The molecule has 1 rings (SSSR count). The minimum atomic E-state index is -1.19. The SMILES string of the molecule is CCC(=O)c1cccc(C(O)C(O)CN=[N+]=[N-])c1. The zero-order chi connectivity index (χ0) is 13.5. The molecule has 18 heavy (non-hydrogen) atoms. The van der Waals surface area contributed by atoms with Crippen LogP contribution in [-0.4, -0.2) is 28.6 Å². The Morgan fingerprint density at radius 2 is 2.22 bits per heavy atom. The highest BCUT2D eigenvalue weighted by Gasteiger charge is 2.18. The number of Topliss-reactive ketones (excluding diaryl/α,β-unsaturated/α-hetero) is 1. The lowest BCUT2D eigenvalue weighted by Gasteiger charge is -2.16. The number of nitrogens with zero attached hydrogens (tertiary/aromatic N) is 3. The molecule has 96 valence electrons. The van der Waals surface area contributed by atoms with E-state index in [2.05, 4.69) is 10.0 Å². The van der Waals surface area contributed by atoms with Crippen LogP contribution in [0.25, 0.3) is 10.4 Å². The van der Waals surface area contributed by atoms with Crippen molar-refractivity contribution in [2.45, 2.75) is 25.6 Å². The molecule has 1 aromatic carbocycles. The van der Waals surface area contributed by atoms with Gasteiger partial charge in [-0.3, -0.25) is 4.79 Å². The van der Waals surface area contributed by atoms with Gasteiger partial charge in [-0.1, -0.05) is 30.2 Å². The van der Waals surface area contributed by atoms with E-state index in [9.17, 15) is 15.0 Å². The van der Waals surface area contributed by atoms with E-state index in [-0.39, 0.29) is 12.3 Å². The molecule has 0 aliphatic heterocycles. The van der Waals surface area contributed by atoms with Gasteiger partial charge in [-0.25, -0.2) is 0 Å². The Hall–Kier alpha value is -1.88. The third-order valence-corrected chi connectivity index (χ3v) is 2.57. The van der Waals surface area contributed by atoms with Crippen LogP contribution in [0.3, 0.4) is 0 Å². The van der Waals surface area contributed by atoms with Crippen LogP contribution in [0, 0.1) is 0 Å². The summed E-state index contributed by atoms with van der Waals surface area (Å²) in [6.45, 7) is 1.53. The van der Waals surface area contributed by atoms with E-state index in [4.69, 9.17) is 5.53 Å². The fourth-order valence-corrected chi connectivity index (χ4v) is 1.54. The number of carbonyl (C=O) groups excluding carboxylic acids is 1. The Balaban J connectivity index is 2.88. The summed E-state index contributed by atoms with van der Waals surface area (Å²) in [5, 5.41) is 22.6. The molecule has 2 atom stereocenters. The van der Waals surface area contributed by atoms with Crippen LogP contribution in [0.2, 0.25) is 0 Å². The van der Waals surface area contributed by atoms with Crippen molar-refractivity contribution >= 4 is 5.78 Å². The molecule has 6 nitrogen and oxygen atoms in total. The van der Waals surface area contributed by atoms with Gasteiger partial charge in [0.15, 0.2) is 5.78 Å². The van der Waals surface area contributed by atoms with Crippen molar-refractivity contribution in [3.8, 4) is 0 Å². The molecular formula is C12H15N3O3. The zero-order valence-corrected chi connectivity index (χ0v) is 10.0. The summed E-state index contributed by atoms with van der Waals surface area (Å²) in [5.41, 5.74) is 9.05. The van der Waals surface area contributed by atoms with Gasteiger partial charge in [-0.2, -0.15) is 0 Å². The van der Waals surface area contributed by atoms with Crippen LogP contribution < -0.4 is 0 Å². The molecular weight excluding hydrogens is 234 g/mol. The van der Waals surface area contributed by atoms with Crippen LogP contribution in [0.15, 0.2) is 29.4 Å². The second kappa shape index (κ2) is 6.76. The topological polar surface area (TPSA) is 106 Å². The molecule has 0 amide bonds. The second-order valence-electron chi connectivity index (χ2n) is 3.83. The van der Waals surface area contributed by atoms with Crippen LogP contribution >= 0.6 is 0 Å². The van der Waals surface area contributed by atoms with Gasteiger partial charge in [0.2, 0.25) is 0 Å². The van der Waals surface area contributed by atoms with Gasteiger partial charge in [-0.05, 0) is 17.2 Å². The predicted molar refractivity (Wildman–Crippen MR) is 66.0 cm³/mol. The molecule has 2 N–H and O–H groups in total. The average Bonchev–Trinajstić information content (AvgIpc) is 2.43. The maximum Gasteiger partial charge on any atom is 0.162 e. The first-order chi connectivity index (χ1) is 8.60.